The Kier molecular flexibility index (Phi) is 3.27. The minimum atomic E-state index is -1.33. The average Bonchev–Trinajstić information content (AvgIpc) is 2.80. The van der Waals surface area contributed by atoms with Crippen LogP contribution in [0.1, 0.15) is 11.8 Å². The molecule has 1 saturated heterocycles. The number of aromatic amines is 1. The molecule has 2 rings (SSSR count). The van der Waals surface area contributed by atoms with Gasteiger partial charge in [0, 0.05) is 11.9 Å². The minimum Gasteiger partial charge on any atom is -0.394 e. The molecule has 1 aliphatic heterocycles. The predicted molar refractivity (Wildman–Crippen MR) is 53.5 cm³/mol. The molecule has 0 radical (unpaired) electrons. The number of aromatic nitrogens is 1. The zero-order valence-electron chi connectivity index (χ0n) is 8.52. The molecule has 1 unspecified atom stereocenters. The molecule has 5 N–H and O–H groups in total. The van der Waals surface area contributed by atoms with E-state index in [4.69, 9.17) is 9.84 Å². The number of nitrogens with one attached hydrogen (secondary N) is 1. The van der Waals surface area contributed by atoms with Gasteiger partial charge in [0.2, 0.25) is 0 Å². The maximum absolute atomic E-state index is 9.76. The van der Waals surface area contributed by atoms with Crippen LogP contribution in [0.2, 0.25) is 0 Å². The van der Waals surface area contributed by atoms with Gasteiger partial charge in [0.1, 0.15) is 30.5 Å². The molecule has 0 bridgehead atoms. The number of ether oxygens (including phenoxy) is 1. The Morgan fingerprint density at radius 2 is 1.94 bits per heavy atom. The standard InChI is InChI=1S/C10H15NO5/c12-4-6-7(13)8(14)9(15)10(16-6)5-2-1-3-11-5/h1-3,6-15H,4H2/t6-,7-,8+,9-,10?/m1/s1. The van der Waals surface area contributed by atoms with Crippen LogP contribution in [0.25, 0.3) is 0 Å². The second-order valence-electron chi connectivity index (χ2n) is 3.87. The van der Waals surface area contributed by atoms with Crippen molar-refractivity contribution in [2.45, 2.75) is 30.5 Å². The van der Waals surface area contributed by atoms with Gasteiger partial charge in [-0.15, -0.1) is 0 Å². The molecule has 6 heteroatoms. The molecular weight excluding hydrogens is 214 g/mol. The summed E-state index contributed by atoms with van der Waals surface area (Å²) in [6.45, 7) is -0.415. The largest absolute Gasteiger partial charge is 0.394 e. The number of hydrogen-bond donors (Lipinski definition) is 5. The van der Waals surface area contributed by atoms with Crippen molar-refractivity contribution in [3.63, 3.8) is 0 Å². The normalized spacial score (nSPS) is 39.9. The van der Waals surface area contributed by atoms with E-state index in [1.54, 1.807) is 18.3 Å². The molecule has 1 aromatic rings. The summed E-state index contributed by atoms with van der Waals surface area (Å²) in [5.74, 6) is 0. The first-order valence-electron chi connectivity index (χ1n) is 5.09. The van der Waals surface area contributed by atoms with Gasteiger partial charge in [-0.25, -0.2) is 0 Å². The molecule has 1 aliphatic rings. The molecule has 16 heavy (non-hydrogen) atoms. The summed E-state index contributed by atoms with van der Waals surface area (Å²) in [4.78, 5) is 2.86. The Hall–Kier alpha value is -0.920. The maximum Gasteiger partial charge on any atom is 0.126 e. The molecule has 6 nitrogen and oxygen atoms in total. The van der Waals surface area contributed by atoms with E-state index in [0.29, 0.717) is 5.69 Å². The Labute approximate surface area is 92.1 Å². The minimum absolute atomic E-state index is 0.415. The van der Waals surface area contributed by atoms with Crippen molar-refractivity contribution in [3.8, 4) is 0 Å². The Balaban J connectivity index is 2.20. The topological polar surface area (TPSA) is 106 Å². The highest BCUT2D eigenvalue weighted by molar-refractivity contribution is 5.12. The van der Waals surface area contributed by atoms with Gasteiger partial charge in [0.15, 0.2) is 0 Å². The average molecular weight is 229 g/mol. The van der Waals surface area contributed by atoms with Crippen LogP contribution in [0.15, 0.2) is 18.3 Å². The maximum atomic E-state index is 9.76. The van der Waals surface area contributed by atoms with Crippen LogP contribution in [0.5, 0.6) is 0 Å². The first-order valence-corrected chi connectivity index (χ1v) is 5.09. The highest BCUT2D eigenvalue weighted by atomic mass is 16.5. The summed E-state index contributed by atoms with van der Waals surface area (Å²) < 4.78 is 5.33. The van der Waals surface area contributed by atoms with Gasteiger partial charge in [-0.05, 0) is 12.1 Å². The smallest absolute Gasteiger partial charge is 0.126 e. The van der Waals surface area contributed by atoms with E-state index >= 15 is 0 Å². The quantitative estimate of drug-likeness (QED) is 0.426. The third-order valence-corrected chi connectivity index (χ3v) is 2.82. The molecule has 1 fully saturated rings. The number of hydrogen-bond acceptors (Lipinski definition) is 5. The van der Waals surface area contributed by atoms with Gasteiger partial charge >= 0.3 is 0 Å². The molecule has 0 aromatic carbocycles. The van der Waals surface area contributed by atoms with Gasteiger partial charge in [-0.2, -0.15) is 0 Å². The van der Waals surface area contributed by atoms with Crippen molar-refractivity contribution in [3.05, 3.63) is 24.0 Å². The molecule has 0 spiro atoms. The van der Waals surface area contributed by atoms with Gasteiger partial charge in [0.05, 0.1) is 6.61 Å². The third kappa shape index (κ3) is 1.85. The van der Waals surface area contributed by atoms with E-state index in [1.165, 1.54) is 0 Å². The lowest BCUT2D eigenvalue weighted by Gasteiger charge is -2.39. The molecule has 0 aliphatic carbocycles. The first kappa shape index (κ1) is 11.6. The molecule has 0 amide bonds. The Bertz CT molecular complexity index is 326. The monoisotopic (exact) mass is 229 g/mol. The predicted octanol–water partition coefficient (Wildman–Crippen LogP) is -1.47. The van der Waals surface area contributed by atoms with Crippen LogP contribution < -0.4 is 0 Å². The van der Waals surface area contributed by atoms with Gasteiger partial charge in [0.25, 0.3) is 0 Å². The highest BCUT2D eigenvalue weighted by Crippen LogP contribution is 2.31. The molecule has 5 atom stereocenters. The second kappa shape index (κ2) is 4.52. The molecule has 0 saturated carbocycles. The van der Waals surface area contributed by atoms with E-state index in [-0.39, 0.29) is 0 Å². The second-order valence-corrected chi connectivity index (χ2v) is 3.87. The third-order valence-electron chi connectivity index (χ3n) is 2.82. The van der Waals surface area contributed by atoms with E-state index in [2.05, 4.69) is 4.98 Å². The fraction of sp³-hybridized carbons (Fsp3) is 0.600. The molecule has 90 valence electrons. The van der Waals surface area contributed by atoms with Gasteiger partial charge in [-0.3, -0.25) is 0 Å². The van der Waals surface area contributed by atoms with Crippen molar-refractivity contribution in [1.29, 1.82) is 0 Å². The lowest BCUT2D eigenvalue weighted by Crippen LogP contribution is -2.55. The Morgan fingerprint density at radius 3 is 2.50 bits per heavy atom. The summed E-state index contributed by atoms with van der Waals surface area (Å²) in [6, 6.07) is 3.43. The zero-order chi connectivity index (χ0) is 11.7. The van der Waals surface area contributed by atoms with E-state index in [9.17, 15) is 15.3 Å². The van der Waals surface area contributed by atoms with Gasteiger partial charge < -0.3 is 30.1 Å². The fourth-order valence-electron chi connectivity index (χ4n) is 1.88. The van der Waals surface area contributed by atoms with Crippen LogP contribution in [-0.4, -0.2) is 56.4 Å². The van der Waals surface area contributed by atoms with Crippen LogP contribution in [-0.2, 0) is 4.74 Å². The zero-order valence-corrected chi connectivity index (χ0v) is 8.52. The summed E-state index contributed by atoms with van der Waals surface area (Å²) in [5.41, 5.74) is 0.594. The SMILES string of the molecule is OC[C@H]1OC(c2ccc[nH]2)[C@H](O)[C@@H](O)[C@@H]1O. The van der Waals surface area contributed by atoms with Crippen molar-refractivity contribution < 1.29 is 25.2 Å². The molecule has 2 heterocycles. The van der Waals surface area contributed by atoms with Crippen LogP contribution in [0.3, 0.4) is 0 Å². The number of H-pyrrole nitrogens is 1. The van der Waals surface area contributed by atoms with E-state index in [1.807, 2.05) is 0 Å². The fourth-order valence-corrected chi connectivity index (χ4v) is 1.88. The molecule has 1 aromatic heterocycles. The van der Waals surface area contributed by atoms with Gasteiger partial charge in [-0.1, -0.05) is 0 Å². The number of rotatable bonds is 2. The van der Waals surface area contributed by atoms with E-state index in [0.717, 1.165) is 0 Å². The lowest BCUT2D eigenvalue weighted by molar-refractivity contribution is -0.232. The van der Waals surface area contributed by atoms with Crippen molar-refractivity contribution in [2.24, 2.45) is 0 Å². The number of aliphatic hydroxyl groups excluding tert-OH is 4. The van der Waals surface area contributed by atoms with E-state index < -0.39 is 37.1 Å². The highest BCUT2D eigenvalue weighted by Gasteiger charge is 2.44. The Morgan fingerprint density at radius 1 is 1.19 bits per heavy atom. The summed E-state index contributed by atoms with van der Waals surface area (Å²) in [7, 11) is 0. The van der Waals surface area contributed by atoms with Crippen LogP contribution >= 0.6 is 0 Å². The van der Waals surface area contributed by atoms with Crippen molar-refractivity contribution in [1.82, 2.24) is 4.98 Å². The van der Waals surface area contributed by atoms with Crippen molar-refractivity contribution >= 4 is 0 Å². The van der Waals surface area contributed by atoms with Crippen molar-refractivity contribution in [2.75, 3.05) is 6.61 Å². The number of aliphatic hydroxyl groups is 4. The summed E-state index contributed by atoms with van der Waals surface area (Å²) in [6.07, 6.45) is -3.85. The van der Waals surface area contributed by atoms with Crippen LogP contribution in [0.4, 0.5) is 0 Å². The van der Waals surface area contributed by atoms with Crippen LogP contribution in [0, 0.1) is 0 Å². The lowest BCUT2D eigenvalue weighted by atomic mass is 9.94. The molecular formula is C10H15NO5. The summed E-state index contributed by atoms with van der Waals surface area (Å²) >= 11 is 0. The first-order chi connectivity index (χ1) is 7.65. The summed E-state index contributed by atoms with van der Waals surface area (Å²) in [5, 5.41) is 37.9.